The van der Waals surface area contributed by atoms with Crippen molar-refractivity contribution in [3.63, 3.8) is 0 Å². The quantitative estimate of drug-likeness (QED) is 0.601. The molecule has 1 saturated heterocycles. The second kappa shape index (κ2) is 11.1. The van der Waals surface area contributed by atoms with E-state index in [4.69, 9.17) is 5.73 Å². The Hall–Kier alpha value is -2.75. The fraction of sp³-hybridized carbons (Fsp3) is 0.560. The van der Waals surface area contributed by atoms with E-state index in [0.717, 1.165) is 51.0 Å². The zero-order valence-corrected chi connectivity index (χ0v) is 20.2. The molecular weight excluding hydrogens is 430 g/mol. The Balaban J connectivity index is 1.40. The normalized spacial score (nSPS) is 21.1. The van der Waals surface area contributed by atoms with Gasteiger partial charge in [0.05, 0.1) is 5.69 Å². The first kappa shape index (κ1) is 24.4. The lowest BCUT2D eigenvalue weighted by Crippen LogP contribution is -2.48. The minimum atomic E-state index is -0.423. The number of anilines is 1. The molecule has 9 nitrogen and oxygen atoms in total. The van der Waals surface area contributed by atoms with Crippen LogP contribution in [0.4, 0.5) is 10.6 Å². The monoisotopic (exact) mass is 467 g/mol. The number of urea groups is 1. The van der Waals surface area contributed by atoms with Crippen molar-refractivity contribution in [3.05, 3.63) is 52.6 Å². The first-order valence-electron chi connectivity index (χ1n) is 12.4. The van der Waals surface area contributed by atoms with E-state index in [-0.39, 0.29) is 11.8 Å². The van der Waals surface area contributed by atoms with Gasteiger partial charge < -0.3 is 16.0 Å². The molecule has 1 saturated carbocycles. The molecule has 1 aromatic heterocycles. The van der Waals surface area contributed by atoms with Gasteiger partial charge in [0.2, 0.25) is 0 Å². The van der Waals surface area contributed by atoms with Crippen molar-refractivity contribution in [1.29, 1.82) is 0 Å². The summed E-state index contributed by atoms with van der Waals surface area (Å²) in [5, 5.41) is 5.94. The molecule has 2 heterocycles. The SMILES string of the molecule is CC(C)N(Cc1ccc(-n2ccc(NC(=O)N3CCNCC3)nc2=O)cc1)[C@H]1CC[C@H](N)CC1. The van der Waals surface area contributed by atoms with Crippen LogP contribution in [0.3, 0.4) is 0 Å². The summed E-state index contributed by atoms with van der Waals surface area (Å²) < 4.78 is 1.49. The van der Waals surface area contributed by atoms with Crippen LogP contribution in [0.5, 0.6) is 0 Å². The van der Waals surface area contributed by atoms with E-state index >= 15 is 0 Å². The van der Waals surface area contributed by atoms with Crippen LogP contribution in [0.15, 0.2) is 41.3 Å². The number of rotatable bonds is 6. The Labute approximate surface area is 201 Å². The standard InChI is InChI=1S/C25H37N7O2/c1-18(2)32(22-9-5-20(26)6-10-22)17-19-3-7-21(8-4-19)31-14-11-23(29-25(31)34)28-24(33)30-15-12-27-13-16-30/h3-4,7-8,11,14,18,20,22,27H,5-6,9-10,12-13,15-17,26H2,1-2H3,(H,28,29,33,34)/t20-,22-. The summed E-state index contributed by atoms with van der Waals surface area (Å²) in [4.78, 5) is 33.3. The minimum absolute atomic E-state index is 0.231. The van der Waals surface area contributed by atoms with E-state index in [1.54, 1.807) is 17.2 Å². The van der Waals surface area contributed by atoms with E-state index in [0.29, 0.717) is 31.2 Å². The number of carbonyl (C=O) groups is 1. The lowest BCUT2D eigenvalue weighted by Gasteiger charge is -2.38. The first-order valence-corrected chi connectivity index (χ1v) is 12.4. The van der Waals surface area contributed by atoms with Gasteiger partial charge in [-0.05, 0) is 63.3 Å². The van der Waals surface area contributed by atoms with Crippen LogP contribution >= 0.6 is 0 Å². The molecule has 184 valence electrons. The van der Waals surface area contributed by atoms with Crippen LogP contribution in [-0.2, 0) is 6.54 Å². The highest BCUT2D eigenvalue weighted by Gasteiger charge is 2.26. The van der Waals surface area contributed by atoms with E-state index < -0.39 is 5.69 Å². The van der Waals surface area contributed by atoms with Gasteiger partial charge in [-0.15, -0.1) is 0 Å². The second-order valence-electron chi connectivity index (χ2n) is 9.63. The molecule has 1 aromatic carbocycles. The van der Waals surface area contributed by atoms with Gasteiger partial charge in [0.25, 0.3) is 0 Å². The molecule has 4 N–H and O–H groups in total. The van der Waals surface area contributed by atoms with Crippen molar-refractivity contribution < 1.29 is 4.79 Å². The Bertz CT molecular complexity index is 1010. The van der Waals surface area contributed by atoms with E-state index in [9.17, 15) is 9.59 Å². The van der Waals surface area contributed by atoms with E-state index in [2.05, 4.69) is 46.5 Å². The molecule has 9 heteroatoms. The maximum atomic E-state index is 12.6. The predicted molar refractivity (Wildman–Crippen MR) is 134 cm³/mol. The van der Waals surface area contributed by atoms with Crippen LogP contribution < -0.4 is 22.1 Å². The van der Waals surface area contributed by atoms with Gasteiger partial charge in [-0.2, -0.15) is 4.98 Å². The highest BCUT2D eigenvalue weighted by molar-refractivity contribution is 5.88. The average Bonchev–Trinajstić information content (AvgIpc) is 2.84. The van der Waals surface area contributed by atoms with Gasteiger partial charge in [-0.25, -0.2) is 9.59 Å². The summed E-state index contributed by atoms with van der Waals surface area (Å²) in [5.74, 6) is 0.265. The summed E-state index contributed by atoms with van der Waals surface area (Å²) in [6.07, 6.45) is 6.14. The summed E-state index contributed by atoms with van der Waals surface area (Å²) >= 11 is 0. The second-order valence-corrected chi connectivity index (χ2v) is 9.63. The predicted octanol–water partition coefficient (Wildman–Crippen LogP) is 2.15. The molecule has 2 aliphatic rings. The van der Waals surface area contributed by atoms with Crippen molar-refractivity contribution in [2.45, 2.75) is 64.2 Å². The number of carbonyl (C=O) groups excluding carboxylic acids is 1. The Morgan fingerprint density at radius 3 is 2.44 bits per heavy atom. The highest BCUT2D eigenvalue weighted by Crippen LogP contribution is 2.25. The van der Waals surface area contributed by atoms with Gasteiger partial charge >= 0.3 is 11.7 Å². The molecular formula is C25H37N7O2. The molecule has 1 aliphatic carbocycles. The van der Waals surface area contributed by atoms with Crippen LogP contribution in [0.1, 0.15) is 45.1 Å². The molecule has 0 radical (unpaired) electrons. The number of hydrogen-bond donors (Lipinski definition) is 3. The van der Waals surface area contributed by atoms with Crippen LogP contribution in [0.25, 0.3) is 5.69 Å². The number of nitrogens with two attached hydrogens (primary N) is 1. The molecule has 2 amide bonds. The van der Waals surface area contributed by atoms with Gasteiger partial charge in [0, 0.05) is 57.0 Å². The van der Waals surface area contributed by atoms with Crippen molar-refractivity contribution >= 4 is 11.8 Å². The van der Waals surface area contributed by atoms with Gasteiger partial charge in [-0.3, -0.25) is 14.8 Å². The highest BCUT2D eigenvalue weighted by atomic mass is 16.2. The molecule has 1 aliphatic heterocycles. The maximum Gasteiger partial charge on any atom is 0.354 e. The molecule has 0 spiro atoms. The molecule has 2 fully saturated rings. The van der Waals surface area contributed by atoms with Crippen LogP contribution in [-0.4, -0.2) is 69.7 Å². The molecule has 34 heavy (non-hydrogen) atoms. The maximum absolute atomic E-state index is 12.6. The summed E-state index contributed by atoms with van der Waals surface area (Å²) in [7, 11) is 0. The molecule has 0 unspecified atom stereocenters. The van der Waals surface area contributed by atoms with Gasteiger partial charge in [0.15, 0.2) is 0 Å². The number of nitrogens with zero attached hydrogens (tertiary/aromatic N) is 4. The molecule has 2 aromatic rings. The third kappa shape index (κ3) is 6.02. The summed E-state index contributed by atoms with van der Waals surface area (Å²) in [5.41, 5.74) is 7.64. The lowest BCUT2D eigenvalue weighted by molar-refractivity contribution is 0.107. The number of amides is 2. The number of piperazine rings is 1. The lowest BCUT2D eigenvalue weighted by atomic mass is 9.90. The zero-order valence-electron chi connectivity index (χ0n) is 20.2. The third-order valence-corrected chi connectivity index (χ3v) is 6.90. The van der Waals surface area contributed by atoms with Crippen molar-refractivity contribution in [2.24, 2.45) is 5.73 Å². The van der Waals surface area contributed by atoms with Gasteiger partial charge in [-0.1, -0.05) is 12.1 Å². The molecule has 0 atom stereocenters. The van der Waals surface area contributed by atoms with E-state index in [1.165, 1.54) is 10.1 Å². The van der Waals surface area contributed by atoms with Crippen molar-refractivity contribution in [2.75, 3.05) is 31.5 Å². The molecule has 4 rings (SSSR count). The third-order valence-electron chi connectivity index (χ3n) is 6.90. The number of hydrogen-bond acceptors (Lipinski definition) is 6. The number of nitrogens with one attached hydrogen (secondary N) is 2. The average molecular weight is 468 g/mol. The minimum Gasteiger partial charge on any atom is -0.328 e. The van der Waals surface area contributed by atoms with E-state index in [1.807, 2.05) is 12.1 Å². The van der Waals surface area contributed by atoms with Crippen molar-refractivity contribution in [3.8, 4) is 5.69 Å². The first-order chi connectivity index (χ1) is 16.4. The smallest absolute Gasteiger partial charge is 0.328 e. The Kier molecular flexibility index (Phi) is 7.97. The Morgan fingerprint density at radius 1 is 1.15 bits per heavy atom. The van der Waals surface area contributed by atoms with Gasteiger partial charge in [0.1, 0.15) is 5.82 Å². The largest absolute Gasteiger partial charge is 0.354 e. The topological polar surface area (TPSA) is 109 Å². The summed E-state index contributed by atoms with van der Waals surface area (Å²) in [6, 6.07) is 10.8. The summed E-state index contributed by atoms with van der Waals surface area (Å²) in [6.45, 7) is 8.18. The number of aromatic nitrogens is 2. The zero-order chi connectivity index (χ0) is 24.1. The van der Waals surface area contributed by atoms with Crippen molar-refractivity contribution in [1.82, 2.24) is 24.7 Å². The molecule has 0 bridgehead atoms. The Morgan fingerprint density at radius 2 is 1.82 bits per heavy atom. The van der Waals surface area contributed by atoms with Crippen LogP contribution in [0, 0.1) is 0 Å². The fourth-order valence-electron chi connectivity index (χ4n) is 4.87. The number of benzene rings is 1. The van der Waals surface area contributed by atoms with Crippen LogP contribution in [0.2, 0.25) is 0 Å². The fourth-order valence-corrected chi connectivity index (χ4v) is 4.87.